The molecule has 6 heteroatoms. The summed E-state index contributed by atoms with van der Waals surface area (Å²) in [5.41, 5.74) is 2.47. The summed E-state index contributed by atoms with van der Waals surface area (Å²) in [6.45, 7) is 3.82. The van der Waals surface area contributed by atoms with Crippen LogP contribution in [-0.2, 0) is 0 Å². The molecule has 120 valence electrons. The first-order chi connectivity index (χ1) is 9.74. The Labute approximate surface area is 142 Å². The lowest BCUT2D eigenvalue weighted by molar-refractivity contribution is 0.0932. The summed E-state index contributed by atoms with van der Waals surface area (Å²) in [6, 6.07) is 9.88. The van der Waals surface area contributed by atoms with Crippen molar-refractivity contribution < 1.29 is 4.79 Å². The van der Waals surface area contributed by atoms with Crippen molar-refractivity contribution in [2.45, 2.75) is 25.8 Å². The van der Waals surface area contributed by atoms with E-state index in [0.717, 1.165) is 48.1 Å². The van der Waals surface area contributed by atoms with E-state index in [1.807, 2.05) is 37.3 Å². The number of hydrogen-bond donors (Lipinski definition) is 2. The molecule has 1 fully saturated rings. The van der Waals surface area contributed by atoms with Crippen LogP contribution in [0.1, 0.15) is 28.9 Å². The molecule has 4 nitrogen and oxygen atoms in total. The molecule has 1 saturated heterocycles. The number of rotatable bonds is 2. The Morgan fingerprint density at radius 1 is 1.32 bits per heavy atom. The third-order valence-electron chi connectivity index (χ3n) is 3.72. The van der Waals surface area contributed by atoms with E-state index in [4.69, 9.17) is 0 Å². The summed E-state index contributed by atoms with van der Waals surface area (Å²) in [7, 11) is 0. The highest BCUT2D eigenvalue weighted by Crippen LogP contribution is 2.18. The molecule has 0 aliphatic carbocycles. The predicted octanol–water partition coefficient (Wildman–Crippen LogP) is 2.87. The maximum Gasteiger partial charge on any atom is 0.252 e. The molecule has 2 aromatic rings. The number of pyridine rings is 1. The van der Waals surface area contributed by atoms with Gasteiger partial charge < -0.3 is 10.6 Å². The maximum atomic E-state index is 12.5. The molecule has 1 aromatic carbocycles. The molecule has 1 aliphatic rings. The quantitative estimate of drug-likeness (QED) is 0.882. The second-order valence-electron chi connectivity index (χ2n) is 5.35. The van der Waals surface area contributed by atoms with Gasteiger partial charge >= 0.3 is 0 Å². The summed E-state index contributed by atoms with van der Waals surface area (Å²) in [5, 5.41) is 7.35. The zero-order valence-corrected chi connectivity index (χ0v) is 14.1. The first-order valence-corrected chi connectivity index (χ1v) is 7.12. The minimum absolute atomic E-state index is 0. The Morgan fingerprint density at radius 3 is 2.82 bits per heavy atom. The van der Waals surface area contributed by atoms with Gasteiger partial charge in [-0.3, -0.25) is 9.78 Å². The lowest BCUT2D eigenvalue weighted by Gasteiger charge is -2.24. The lowest BCUT2D eigenvalue weighted by Crippen LogP contribution is -2.45. The highest BCUT2D eigenvalue weighted by atomic mass is 35.5. The number of para-hydroxylation sites is 1. The Kier molecular flexibility index (Phi) is 7.07. The van der Waals surface area contributed by atoms with E-state index in [-0.39, 0.29) is 36.8 Å². The average Bonchev–Trinajstić information content (AvgIpc) is 2.47. The van der Waals surface area contributed by atoms with Gasteiger partial charge in [0.1, 0.15) is 0 Å². The van der Waals surface area contributed by atoms with Crippen molar-refractivity contribution in [2.24, 2.45) is 0 Å². The Balaban J connectivity index is 0.00000121. The molecule has 0 radical (unpaired) electrons. The van der Waals surface area contributed by atoms with Crippen LogP contribution in [0, 0.1) is 6.92 Å². The third kappa shape index (κ3) is 4.09. The van der Waals surface area contributed by atoms with E-state index < -0.39 is 0 Å². The molecule has 0 bridgehead atoms. The summed E-state index contributed by atoms with van der Waals surface area (Å²) in [5.74, 6) is 0.000370. The summed E-state index contributed by atoms with van der Waals surface area (Å²) in [6.07, 6.45) is 2.15. The van der Waals surface area contributed by atoms with Crippen molar-refractivity contribution in [1.82, 2.24) is 15.6 Å². The van der Waals surface area contributed by atoms with Crippen LogP contribution in [-0.4, -0.2) is 30.0 Å². The minimum Gasteiger partial charge on any atom is -0.348 e. The van der Waals surface area contributed by atoms with Gasteiger partial charge in [-0.15, -0.1) is 24.8 Å². The van der Waals surface area contributed by atoms with Crippen LogP contribution in [0.4, 0.5) is 0 Å². The number of amides is 1. The maximum absolute atomic E-state index is 12.5. The molecule has 1 unspecified atom stereocenters. The first-order valence-electron chi connectivity index (χ1n) is 7.12. The Hall–Kier alpha value is -1.36. The molecule has 22 heavy (non-hydrogen) atoms. The molecular formula is C16H21Cl2N3O. The fraction of sp³-hybridized carbons (Fsp3) is 0.375. The van der Waals surface area contributed by atoms with Crippen molar-refractivity contribution in [2.75, 3.05) is 13.1 Å². The fourth-order valence-electron chi connectivity index (χ4n) is 2.73. The molecule has 1 atom stereocenters. The molecule has 2 heterocycles. The molecular weight excluding hydrogens is 321 g/mol. The van der Waals surface area contributed by atoms with Crippen LogP contribution >= 0.6 is 24.8 Å². The second kappa shape index (κ2) is 8.32. The van der Waals surface area contributed by atoms with Gasteiger partial charge in [-0.1, -0.05) is 18.2 Å². The van der Waals surface area contributed by atoms with Crippen molar-refractivity contribution in [1.29, 1.82) is 0 Å². The van der Waals surface area contributed by atoms with Gasteiger partial charge in [0, 0.05) is 23.7 Å². The highest BCUT2D eigenvalue weighted by Gasteiger charge is 2.18. The van der Waals surface area contributed by atoms with Gasteiger partial charge in [-0.05, 0) is 38.4 Å². The number of hydrogen-bond acceptors (Lipinski definition) is 3. The summed E-state index contributed by atoms with van der Waals surface area (Å²) >= 11 is 0. The average molecular weight is 342 g/mol. The van der Waals surface area contributed by atoms with Crippen molar-refractivity contribution >= 4 is 41.6 Å². The Bertz CT molecular complexity index is 642. The molecule has 0 spiro atoms. The summed E-state index contributed by atoms with van der Waals surface area (Å²) in [4.78, 5) is 17.0. The van der Waals surface area contributed by atoms with Gasteiger partial charge in [-0.25, -0.2) is 0 Å². The van der Waals surface area contributed by atoms with E-state index in [0.29, 0.717) is 0 Å². The van der Waals surface area contributed by atoms with Crippen molar-refractivity contribution in [3.63, 3.8) is 0 Å². The number of nitrogens with zero attached hydrogens (tertiary/aromatic N) is 1. The molecule has 0 saturated carbocycles. The van der Waals surface area contributed by atoms with E-state index in [9.17, 15) is 4.79 Å². The van der Waals surface area contributed by atoms with E-state index >= 15 is 0 Å². The number of aryl methyl sites for hydroxylation is 1. The highest BCUT2D eigenvalue weighted by molar-refractivity contribution is 6.06. The summed E-state index contributed by atoms with van der Waals surface area (Å²) < 4.78 is 0. The van der Waals surface area contributed by atoms with Crippen LogP contribution in [0.5, 0.6) is 0 Å². The van der Waals surface area contributed by atoms with Crippen molar-refractivity contribution in [3.05, 3.63) is 41.6 Å². The van der Waals surface area contributed by atoms with Gasteiger partial charge in [0.15, 0.2) is 0 Å². The van der Waals surface area contributed by atoms with Gasteiger partial charge in [0.2, 0.25) is 0 Å². The SMILES string of the molecule is Cc1cc(C(=O)NC2CCCNC2)c2ccccc2n1.Cl.Cl. The van der Waals surface area contributed by atoms with Gasteiger partial charge in [-0.2, -0.15) is 0 Å². The number of carbonyl (C=O) groups excluding carboxylic acids is 1. The fourth-order valence-corrected chi connectivity index (χ4v) is 2.73. The van der Waals surface area contributed by atoms with Crippen LogP contribution in [0.15, 0.2) is 30.3 Å². The van der Waals surface area contributed by atoms with Crippen molar-refractivity contribution in [3.8, 4) is 0 Å². The first kappa shape index (κ1) is 18.7. The Morgan fingerprint density at radius 2 is 2.09 bits per heavy atom. The number of aromatic nitrogens is 1. The second-order valence-corrected chi connectivity index (χ2v) is 5.35. The van der Waals surface area contributed by atoms with E-state index in [2.05, 4.69) is 15.6 Å². The number of carbonyl (C=O) groups is 1. The van der Waals surface area contributed by atoms with E-state index in [1.54, 1.807) is 0 Å². The molecule has 1 aliphatic heterocycles. The van der Waals surface area contributed by atoms with Gasteiger partial charge in [0.25, 0.3) is 5.91 Å². The number of fused-ring (bicyclic) bond motifs is 1. The zero-order chi connectivity index (χ0) is 13.9. The number of piperidine rings is 1. The predicted molar refractivity (Wildman–Crippen MR) is 94.3 cm³/mol. The van der Waals surface area contributed by atoms with Crippen LogP contribution in [0.3, 0.4) is 0 Å². The smallest absolute Gasteiger partial charge is 0.252 e. The third-order valence-corrected chi connectivity index (χ3v) is 3.72. The number of halogens is 2. The van der Waals surface area contributed by atoms with Crippen LogP contribution < -0.4 is 10.6 Å². The van der Waals surface area contributed by atoms with Crippen LogP contribution in [0.2, 0.25) is 0 Å². The van der Waals surface area contributed by atoms with E-state index in [1.165, 1.54) is 0 Å². The largest absolute Gasteiger partial charge is 0.348 e. The standard InChI is InChI=1S/C16H19N3O.2ClH/c1-11-9-14(13-6-2-3-7-15(13)18-11)16(20)19-12-5-4-8-17-10-12;;/h2-3,6-7,9,12,17H,4-5,8,10H2,1H3,(H,19,20);2*1H. The van der Waals surface area contributed by atoms with Crippen LogP contribution in [0.25, 0.3) is 10.9 Å². The lowest BCUT2D eigenvalue weighted by atomic mass is 10.0. The number of nitrogens with one attached hydrogen (secondary N) is 2. The van der Waals surface area contributed by atoms with Gasteiger partial charge in [0.05, 0.1) is 11.1 Å². The molecule has 3 rings (SSSR count). The zero-order valence-electron chi connectivity index (χ0n) is 12.5. The molecule has 1 aromatic heterocycles. The minimum atomic E-state index is 0. The topological polar surface area (TPSA) is 54.0 Å². The monoisotopic (exact) mass is 341 g/mol. The number of benzene rings is 1. The molecule has 1 amide bonds. The normalized spacial score (nSPS) is 17.2. The molecule has 2 N–H and O–H groups in total.